The average Bonchev–Trinajstić information content (AvgIpc) is 2.18. The van der Waals surface area contributed by atoms with E-state index in [-0.39, 0.29) is 6.04 Å². The molecule has 0 amide bonds. The first-order valence-corrected chi connectivity index (χ1v) is 8.43. The van der Waals surface area contributed by atoms with Gasteiger partial charge in [0.05, 0.1) is 5.75 Å². The molecule has 2 rings (SSSR count). The summed E-state index contributed by atoms with van der Waals surface area (Å²) < 4.78 is 26.8. The molecule has 100 valence electrons. The lowest BCUT2D eigenvalue weighted by atomic mass is 9.84. The summed E-state index contributed by atoms with van der Waals surface area (Å²) >= 11 is 0. The van der Waals surface area contributed by atoms with Crippen LogP contribution in [0, 0.1) is 11.8 Å². The summed E-state index contributed by atoms with van der Waals surface area (Å²) in [6.07, 6.45) is 5.61. The number of piperidine rings is 1. The van der Waals surface area contributed by atoms with E-state index < -0.39 is 10.0 Å². The Balaban J connectivity index is 1.78. The van der Waals surface area contributed by atoms with E-state index in [1.54, 1.807) is 0 Å². The molecule has 2 unspecified atom stereocenters. The SMILES string of the molecule is CC1CCNCC1NS(=O)(=O)CCC1CCC1. The topological polar surface area (TPSA) is 58.2 Å². The number of nitrogens with one attached hydrogen (secondary N) is 2. The highest BCUT2D eigenvalue weighted by atomic mass is 32.2. The Bertz CT molecular complexity index is 338. The van der Waals surface area contributed by atoms with E-state index in [2.05, 4.69) is 17.0 Å². The van der Waals surface area contributed by atoms with E-state index in [0.29, 0.717) is 17.6 Å². The molecule has 0 bridgehead atoms. The molecular formula is C12H24N2O2S. The van der Waals surface area contributed by atoms with Gasteiger partial charge in [0.1, 0.15) is 0 Å². The quantitative estimate of drug-likeness (QED) is 0.778. The van der Waals surface area contributed by atoms with Crippen LogP contribution in [0.4, 0.5) is 0 Å². The molecule has 1 heterocycles. The molecule has 2 atom stereocenters. The van der Waals surface area contributed by atoms with E-state index in [4.69, 9.17) is 0 Å². The van der Waals surface area contributed by atoms with Crippen LogP contribution in [0.5, 0.6) is 0 Å². The second kappa shape index (κ2) is 5.67. The fourth-order valence-electron chi connectivity index (χ4n) is 2.54. The molecular weight excluding hydrogens is 236 g/mol. The fraction of sp³-hybridized carbons (Fsp3) is 1.00. The average molecular weight is 260 g/mol. The third kappa shape index (κ3) is 3.93. The van der Waals surface area contributed by atoms with Crippen LogP contribution in [0.1, 0.15) is 39.0 Å². The molecule has 0 aromatic rings. The van der Waals surface area contributed by atoms with Crippen molar-refractivity contribution in [2.45, 2.75) is 45.1 Å². The molecule has 2 aliphatic rings. The van der Waals surface area contributed by atoms with Crippen molar-refractivity contribution >= 4 is 10.0 Å². The molecule has 1 saturated carbocycles. The lowest BCUT2D eigenvalue weighted by molar-refractivity contribution is 0.304. The van der Waals surface area contributed by atoms with E-state index in [9.17, 15) is 8.42 Å². The normalized spacial score (nSPS) is 31.1. The van der Waals surface area contributed by atoms with Crippen LogP contribution >= 0.6 is 0 Å². The second-order valence-electron chi connectivity index (χ2n) is 5.60. The Morgan fingerprint density at radius 1 is 1.29 bits per heavy atom. The Morgan fingerprint density at radius 2 is 2.06 bits per heavy atom. The lowest BCUT2D eigenvalue weighted by Gasteiger charge is -2.30. The zero-order valence-electron chi connectivity index (χ0n) is 10.6. The molecule has 1 aliphatic heterocycles. The predicted molar refractivity (Wildman–Crippen MR) is 69.3 cm³/mol. The van der Waals surface area contributed by atoms with Gasteiger partial charge >= 0.3 is 0 Å². The third-order valence-electron chi connectivity index (χ3n) is 4.18. The van der Waals surface area contributed by atoms with Crippen LogP contribution in [0.15, 0.2) is 0 Å². The molecule has 2 fully saturated rings. The Morgan fingerprint density at radius 3 is 2.65 bits per heavy atom. The fourth-order valence-corrected chi connectivity index (χ4v) is 4.08. The highest BCUT2D eigenvalue weighted by Gasteiger charge is 2.27. The van der Waals surface area contributed by atoms with Crippen LogP contribution in [-0.4, -0.2) is 33.3 Å². The molecule has 1 saturated heterocycles. The highest BCUT2D eigenvalue weighted by molar-refractivity contribution is 7.89. The molecule has 0 aromatic heterocycles. The number of rotatable bonds is 5. The minimum Gasteiger partial charge on any atom is -0.315 e. The molecule has 0 spiro atoms. The summed E-state index contributed by atoms with van der Waals surface area (Å²) in [7, 11) is -3.08. The summed E-state index contributed by atoms with van der Waals surface area (Å²) in [5.41, 5.74) is 0. The van der Waals surface area contributed by atoms with Crippen molar-refractivity contribution in [1.82, 2.24) is 10.0 Å². The molecule has 4 nitrogen and oxygen atoms in total. The van der Waals surface area contributed by atoms with Crippen molar-refractivity contribution in [3.63, 3.8) is 0 Å². The highest BCUT2D eigenvalue weighted by Crippen LogP contribution is 2.29. The summed E-state index contributed by atoms with van der Waals surface area (Å²) in [6.45, 7) is 3.89. The Labute approximate surface area is 105 Å². The van der Waals surface area contributed by atoms with Gasteiger partial charge in [-0.2, -0.15) is 0 Å². The van der Waals surface area contributed by atoms with Gasteiger partial charge in [-0.25, -0.2) is 13.1 Å². The number of hydrogen-bond acceptors (Lipinski definition) is 3. The van der Waals surface area contributed by atoms with Gasteiger partial charge in [0.15, 0.2) is 0 Å². The molecule has 17 heavy (non-hydrogen) atoms. The minimum absolute atomic E-state index is 0.0788. The molecule has 1 aliphatic carbocycles. The molecule has 0 aromatic carbocycles. The number of sulfonamides is 1. The van der Waals surface area contributed by atoms with Gasteiger partial charge in [0.25, 0.3) is 0 Å². The first kappa shape index (κ1) is 13.3. The summed E-state index contributed by atoms with van der Waals surface area (Å²) in [4.78, 5) is 0. The summed E-state index contributed by atoms with van der Waals surface area (Å²) in [5.74, 6) is 1.41. The smallest absolute Gasteiger partial charge is 0.211 e. The van der Waals surface area contributed by atoms with Gasteiger partial charge in [-0.3, -0.25) is 0 Å². The number of hydrogen-bond donors (Lipinski definition) is 2. The predicted octanol–water partition coefficient (Wildman–Crippen LogP) is 1.09. The van der Waals surface area contributed by atoms with Gasteiger partial charge in [-0.1, -0.05) is 26.2 Å². The maximum Gasteiger partial charge on any atom is 0.211 e. The zero-order chi connectivity index (χ0) is 12.3. The van der Waals surface area contributed by atoms with Crippen LogP contribution < -0.4 is 10.0 Å². The second-order valence-corrected chi connectivity index (χ2v) is 7.47. The monoisotopic (exact) mass is 260 g/mol. The summed E-state index contributed by atoms with van der Waals surface area (Å²) in [5, 5.41) is 3.25. The zero-order valence-corrected chi connectivity index (χ0v) is 11.4. The van der Waals surface area contributed by atoms with Crippen molar-refractivity contribution in [2.75, 3.05) is 18.8 Å². The van der Waals surface area contributed by atoms with Gasteiger partial charge < -0.3 is 5.32 Å². The molecule has 0 radical (unpaired) electrons. The minimum atomic E-state index is -3.08. The summed E-state index contributed by atoms with van der Waals surface area (Å²) in [6, 6.07) is 0.0788. The van der Waals surface area contributed by atoms with Crippen LogP contribution in [0.2, 0.25) is 0 Å². The lowest BCUT2D eigenvalue weighted by Crippen LogP contribution is -2.50. The van der Waals surface area contributed by atoms with Crippen molar-refractivity contribution in [2.24, 2.45) is 11.8 Å². The van der Waals surface area contributed by atoms with Crippen LogP contribution in [0.25, 0.3) is 0 Å². The Kier molecular flexibility index (Phi) is 4.44. The Hall–Kier alpha value is -0.130. The van der Waals surface area contributed by atoms with Crippen molar-refractivity contribution in [3.05, 3.63) is 0 Å². The van der Waals surface area contributed by atoms with Gasteiger partial charge in [0, 0.05) is 12.6 Å². The van der Waals surface area contributed by atoms with Crippen molar-refractivity contribution < 1.29 is 8.42 Å². The van der Waals surface area contributed by atoms with Gasteiger partial charge in [-0.05, 0) is 31.2 Å². The maximum atomic E-state index is 11.9. The van der Waals surface area contributed by atoms with Crippen molar-refractivity contribution in [3.8, 4) is 0 Å². The van der Waals surface area contributed by atoms with E-state index in [1.165, 1.54) is 19.3 Å². The first-order valence-electron chi connectivity index (χ1n) is 6.77. The van der Waals surface area contributed by atoms with Gasteiger partial charge in [0.2, 0.25) is 10.0 Å². The van der Waals surface area contributed by atoms with E-state index >= 15 is 0 Å². The first-order chi connectivity index (χ1) is 8.07. The molecule has 2 N–H and O–H groups in total. The third-order valence-corrected chi connectivity index (χ3v) is 5.61. The molecule has 5 heteroatoms. The van der Waals surface area contributed by atoms with Crippen molar-refractivity contribution in [1.29, 1.82) is 0 Å². The standard InChI is InChI=1S/C12H24N2O2S/c1-10-5-7-13-9-12(10)14-17(15,16)8-6-11-3-2-4-11/h10-14H,2-9H2,1H3. The van der Waals surface area contributed by atoms with Crippen LogP contribution in [0.3, 0.4) is 0 Å². The largest absolute Gasteiger partial charge is 0.315 e. The van der Waals surface area contributed by atoms with E-state index in [1.807, 2.05) is 0 Å². The maximum absolute atomic E-state index is 11.9. The van der Waals surface area contributed by atoms with Gasteiger partial charge in [-0.15, -0.1) is 0 Å². The van der Waals surface area contributed by atoms with Crippen LogP contribution in [-0.2, 0) is 10.0 Å². The van der Waals surface area contributed by atoms with E-state index in [0.717, 1.165) is 25.9 Å².